The first-order valence-electron chi connectivity index (χ1n) is 10.0. The van der Waals surface area contributed by atoms with Crippen LogP contribution in [-0.2, 0) is 9.59 Å². The Labute approximate surface area is 188 Å². The standard InChI is InChI=1S/C26H18FNO5/c27-20-12-5-4-11-19(20)23-22(21(29)14-13-16-7-2-1-3-8-16)24(30)25(31)28(23)18-10-6-9-17(15-18)26(32)33/h1-15,23,30H,(H,32,33)/b14-13+. The Morgan fingerprint density at radius 3 is 2.33 bits per heavy atom. The highest BCUT2D eigenvalue weighted by molar-refractivity contribution is 6.20. The lowest BCUT2D eigenvalue weighted by Gasteiger charge is -2.27. The van der Waals surface area contributed by atoms with E-state index in [-0.39, 0.29) is 22.4 Å². The van der Waals surface area contributed by atoms with Crippen molar-refractivity contribution in [1.29, 1.82) is 0 Å². The second kappa shape index (κ2) is 8.92. The van der Waals surface area contributed by atoms with Gasteiger partial charge in [0.1, 0.15) is 5.82 Å². The van der Waals surface area contributed by atoms with Crippen LogP contribution in [0.25, 0.3) is 6.08 Å². The van der Waals surface area contributed by atoms with Crippen LogP contribution in [0.4, 0.5) is 10.1 Å². The Hall–Kier alpha value is -4.52. The number of carbonyl (C=O) groups excluding carboxylic acids is 2. The van der Waals surface area contributed by atoms with Crippen LogP contribution in [0, 0.1) is 5.82 Å². The summed E-state index contributed by atoms with van der Waals surface area (Å²) in [5.74, 6) is -4.31. The Balaban J connectivity index is 1.83. The largest absolute Gasteiger partial charge is 0.503 e. The third-order valence-electron chi connectivity index (χ3n) is 5.27. The number of halogens is 1. The van der Waals surface area contributed by atoms with E-state index in [1.807, 2.05) is 6.07 Å². The normalized spacial score (nSPS) is 16.0. The number of carbonyl (C=O) groups is 3. The van der Waals surface area contributed by atoms with Crippen molar-refractivity contribution in [2.24, 2.45) is 0 Å². The predicted molar refractivity (Wildman–Crippen MR) is 120 cm³/mol. The monoisotopic (exact) mass is 443 g/mol. The number of aromatic carboxylic acids is 1. The molecule has 0 bridgehead atoms. The van der Waals surface area contributed by atoms with E-state index in [1.54, 1.807) is 30.3 Å². The van der Waals surface area contributed by atoms with Crippen LogP contribution < -0.4 is 4.90 Å². The Bertz CT molecular complexity index is 1310. The average Bonchev–Trinajstić information content (AvgIpc) is 3.09. The van der Waals surface area contributed by atoms with Gasteiger partial charge in [-0.25, -0.2) is 9.18 Å². The average molecular weight is 443 g/mol. The third-order valence-corrected chi connectivity index (χ3v) is 5.27. The molecule has 0 radical (unpaired) electrons. The van der Waals surface area contributed by atoms with Crippen LogP contribution >= 0.6 is 0 Å². The summed E-state index contributed by atoms with van der Waals surface area (Å²) in [6, 6.07) is 18.7. The van der Waals surface area contributed by atoms with Gasteiger partial charge in [-0.3, -0.25) is 14.5 Å². The highest BCUT2D eigenvalue weighted by atomic mass is 19.1. The number of allylic oxidation sites excluding steroid dienone is 1. The van der Waals surface area contributed by atoms with Gasteiger partial charge < -0.3 is 10.2 Å². The summed E-state index contributed by atoms with van der Waals surface area (Å²) in [6.07, 6.45) is 2.73. The molecule has 1 aliphatic heterocycles. The number of nitrogens with zero attached hydrogens (tertiary/aromatic N) is 1. The minimum atomic E-state index is -1.28. The zero-order chi connectivity index (χ0) is 23.5. The minimum absolute atomic E-state index is 0.00732. The predicted octanol–water partition coefficient (Wildman–Crippen LogP) is 4.71. The van der Waals surface area contributed by atoms with E-state index in [4.69, 9.17) is 0 Å². The lowest BCUT2D eigenvalue weighted by Crippen LogP contribution is -2.31. The second-order valence-electron chi connectivity index (χ2n) is 7.33. The molecule has 3 aromatic rings. The van der Waals surface area contributed by atoms with E-state index in [0.29, 0.717) is 0 Å². The number of aliphatic hydroxyl groups is 1. The van der Waals surface area contributed by atoms with Gasteiger partial charge in [-0.1, -0.05) is 60.7 Å². The van der Waals surface area contributed by atoms with Gasteiger partial charge in [0.25, 0.3) is 5.91 Å². The van der Waals surface area contributed by atoms with E-state index in [0.717, 1.165) is 10.5 Å². The molecular formula is C26H18FNO5. The highest BCUT2D eigenvalue weighted by Crippen LogP contribution is 2.42. The molecule has 0 aliphatic carbocycles. The van der Waals surface area contributed by atoms with Crippen molar-refractivity contribution in [3.63, 3.8) is 0 Å². The molecule has 33 heavy (non-hydrogen) atoms. The number of benzene rings is 3. The summed E-state index contributed by atoms with van der Waals surface area (Å²) < 4.78 is 14.8. The van der Waals surface area contributed by atoms with Gasteiger partial charge in [-0.2, -0.15) is 0 Å². The molecule has 0 spiro atoms. The fourth-order valence-electron chi connectivity index (χ4n) is 3.73. The van der Waals surface area contributed by atoms with E-state index < -0.39 is 35.3 Å². The van der Waals surface area contributed by atoms with Gasteiger partial charge in [0.05, 0.1) is 17.2 Å². The molecule has 6 nitrogen and oxygen atoms in total. The van der Waals surface area contributed by atoms with Crippen LogP contribution in [0.1, 0.15) is 27.5 Å². The number of anilines is 1. The first-order valence-corrected chi connectivity index (χ1v) is 10.0. The van der Waals surface area contributed by atoms with Crippen molar-refractivity contribution in [1.82, 2.24) is 0 Å². The maximum Gasteiger partial charge on any atom is 0.335 e. The summed E-state index contributed by atoms with van der Waals surface area (Å²) in [5.41, 5.74) is 0.430. The number of ketones is 1. The van der Waals surface area contributed by atoms with Crippen molar-refractivity contribution in [3.8, 4) is 0 Å². The van der Waals surface area contributed by atoms with Crippen molar-refractivity contribution in [3.05, 3.63) is 119 Å². The lowest BCUT2D eigenvalue weighted by atomic mass is 9.94. The third kappa shape index (κ3) is 4.16. The molecule has 1 amide bonds. The molecule has 7 heteroatoms. The number of carboxylic acid groups (broad SMARTS) is 1. The number of hydrogen-bond donors (Lipinski definition) is 2. The Morgan fingerprint density at radius 1 is 0.939 bits per heavy atom. The molecule has 1 atom stereocenters. The van der Waals surface area contributed by atoms with Gasteiger partial charge in [0.2, 0.25) is 0 Å². The fraction of sp³-hybridized carbons (Fsp3) is 0.0385. The molecular weight excluding hydrogens is 425 g/mol. The van der Waals surface area contributed by atoms with Crippen LogP contribution in [-0.4, -0.2) is 27.9 Å². The summed E-state index contributed by atoms with van der Waals surface area (Å²) in [5, 5.41) is 20.0. The number of amides is 1. The minimum Gasteiger partial charge on any atom is -0.503 e. The number of rotatable bonds is 6. The molecule has 1 unspecified atom stereocenters. The van der Waals surface area contributed by atoms with Crippen LogP contribution in [0.15, 0.2) is 96.3 Å². The van der Waals surface area contributed by atoms with Gasteiger partial charge in [0.15, 0.2) is 11.5 Å². The van der Waals surface area contributed by atoms with Crippen LogP contribution in [0.2, 0.25) is 0 Å². The molecule has 0 fully saturated rings. The van der Waals surface area contributed by atoms with Gasteiger partial charge in [-0.05, 0) is 35.9 Å². The zero-order valence-electron chi connectivity index (χ0n) is 17.2. The van der Waals surface area contributed by atoms with Crippen LogP contribution in [0.3, 0.4) is 0 Å². The summed E-state index contributed by atoms with van der Waals surface area (Å²) >= 11 is 0. The molecule has 0 saturated carbocycles. The van der Waals surface area contributed by atoms with Crippen molar-refractivity contribution in [2.75, 3.05) is 4.90 Å². The second-order valence-corrected chi connectivity index (χ2v) is 7.33. The highest BCUT2D eigenvalue weighted by Gasteiger charge is 2.44. The summed E-state index contributed by atoms with van der Waals surface area (Å²) in [7, 11) is 0. The number of aliphatic hydroxyl groups excluding tert-OH is 1. The SMILES string of the molecule is O=C(/C=C/c1ccccc1)C1=C(O)C(=O)N(c2cccc(C(=O)O)c2)C1c1ccccc1F. The van der Waals surface area contributed by atoms with E-state index in [9.17, 15) is 29.0 Å². The summed E-state index contributed by atoms with van der Waals surface area (Å²) in [4.78, 5) is 38.6. The molecule has 1 aliphatic rings. The van der Waals surface area contributed by atoms with Crippen molar-refractivity contribution >= 4 is 29.4 Å². The first kappa shape index (κ1) is 21.7. The number of carboxylic acids is 1. The maximum absolute atomic E-state index is 14.8. The smallest absolute Gasteiger partial charge is 0.335 e. The fourth-order valence-corrected chi connectivity index (χ4v) is 3.73. The number of hydrogen-bond acceptors (Lipinski definition) is 4. The molecule has 3 aromatic carbocycles. The first-order chi connectivity index (χ1) is 15.9. The van der Waals surface area contributed by atoms with E-state index >= 15 is 0 Å². The van der Waals surface area contributed by atoms with Crippen molar-refractivity contribution < 1.29 is 29.0 Å². The molecule has 4 rings (SSSR count). The van der Waals surface area contributed by atoms with Gasteiger partial charge >= 0.3 is 5.97 Å². The Morgan fingerprint density at radius 2 is 1.64 bits per heavy atom. The molecule has 2 N–H and O–H groups in total. The van der Waals surface area contributed by atoms with Gasteiger partial charge in [-0.15, -0.1) is 0 Å². The quantitative estimate of drug-likeness (QED) is 0.538. The Kier molecular flexibility index (Phi) is 5.87. The maximum atomic E-state index is 14.8. The summed E-state index contributed by atoms with van der Waals surface area (Å²) in [6.45, 7) is 0. The topological polar surface area (TPSA) is 94.9 Å². The molecule has 0 saturated heterocycles. The molecule has 164 valence electrons. The van der Waals surface area contributed by atoms with Gasteiger partial charge in [0, 0.05) is 11.3 Å². The van der Waals surface area contributed by atoms with Crippen LogP contribution in [0.5, 0.6) is 0 Å². The van der Waals surface area contributed by atoms with E-state index in [2.05, 4.69) is 0 Å². The van der Waals surface area contributed by atoms with E-state index in [1.165, 1.54) is 54.6 Å². The molecule has 1 heterocycles. The lowest BCUT2D eigenvalue weighted by molar-refractivity contribution is -0.117. The molecule has 0 aromatic heterocycles. The van der Waals surface area contributed by atoms with Crippen molar-refractivity contribution in [2.45, 2.75) is 6.04 Å². The zero-order valence-corrected chi connectivity index (χ0v) is 17.2.